The first-order valence-electron chi connectivity index (χ1n) is 5.48. The largest absolute Gasteiger partial charge is 0.340 e. The lowest BCUT2D eigenvalue weighted by Crippen LogP contribution is -2.37. The molecule has 0 spiro atoms. The van der Waals surface area contributed by atoms with Crippen LogP contribution in [0.2, 0.25) is 0 Å². The molecule has 0 aliphatic rings. The number of halogens is 1. The molecule has 3 heteroatoms. The van der Waals surface area contributed by atoms with Crippen molar-refractivity contribution >= 4 is 17.5 Å². The van der Waals surface area contributed by atoms with E-state index < -0.39 is 0 Å². The number of alkyl halides is 1. The molecule has 0 aromatic carbocycles. The number of rotatable bonds is 7. The lowest BCUT2D eigenvalue weighted by Gasteiger charge is -2.26. The third-order valence-corrected chi connectivity index (χ3v) is 2.44. The van der Waals surface area contributed by atoms with Crippen LogP contribution < -0.4 is 0 Å². The normalized spacial score (nSPS) is 10.6. The molecule has 0 unspecified atom stereocenters. The van der Waals surface area contributed by atoms with E-state index in [0.29, 0.717) is 18.3 Å². The van der Waals surface area contributed by atoms with E-state index in [1.807, 2.05) is 4.90 Å². The highest BCUT2D eigenvalue weighted by Gasteiger charge is 2.14. The van der Waals surface area contributed by atoms with Crippen LogP contribution >= 0.6 is 11.6 Å². The van der Waals surface area contributed by atoms with Crippen molar-refractivity contribution in [2.75, 3.05) is 12.4 Å². The van der Waals surface area contributed by atoms with E-state index >= 15 is 0 Å². The molecule has 0 atom stereocenters. The zero-order chi connectivity index (χ0) is 11.0. The highest BCUT2D eigenvalue weighted by molar-refractivity contribution is 6.18. The summed E-state index contributed by atoms with van der Waals surface area (Å²) in [6.45, 7) is 7.15. The summed E-state index contributed by atoms with van der Waals surface area (Å²) in [7, 11) is 0. The Bertz CT molecular complexity index is 159. The molecule has 0 radical (unpaired) electrons. The van der Waals surface area contributed by atoms with Gasteiger partial charge in [-0.2, -0.15) is 0 Å². The summed E-state index contributed by atoms with van der Waals surface area (Å²) in [6.07, 6.45) is 3.95. The number of carbonyl (C=O) groups excluding carboxylic acids is 1. The summed E-state index contributed by atoms with van der Waals surface area (Å²) in [5.41, 5.74) is 0. The molecule has 0 N–H and O–H groups in total. The van der Waals surface area contributed by atoms with Crippen LogP contribution in [0.1, 0.15) is 46.5 Å². The SMILES string of the molecule is CCCCCN(C(=O)CCCl)C(C)C. The maximum absolute atomic E-state index is 11.6. The standard InChI is InChI=1S/C11H22ClNO/c1-4-5-6-9-13(10(2)3)11(14)7-8-12/h10H,4-9H2,1-3H3. The van der Waals surface area contributed by atoms with Crippen LogP contribution in [0.5, 0.6) is 0 Å². The zero-order valence-corrected chi connectivity index (χ0v) is 10.3. The molecule has 0 heterocycles. The Morgan fingerprint density at radius 3 is 2.43 bits per heavy atom. The van der Waals surface area contributed by atoms with Gasteiger partial charge >= 0.3 is 0 Å². The second kappa shape index (κ2) is 8.10. The Hall–Kier alpha value is -0.240. The average molecular weight is 220 g/mol. The first kappa shape index (κ1) is 13.8. The van der Waals surface area contributed by atoms with E-state index in [9.17, 15) is 4.79 Å². The molecule has 0 aromatic heterocycles. The van der Waals surface area contributed by atoms with Crippen LogP contribution in [0.15, 0.2) is 0 Å². The Kier molecular flexibility index (Phi) is 7.96. The molecule has 84 valence electrons. The van der Waals surface area contributed by atoms with Crippen molar-refractivity contribution in [2.45, 2.75) is 52.5 Å². The molecule has 1 amide bonds. The van der Waals surface area contributed by atoms with E-state index in [1.165, 1.54) is 12.8 Å². The quantitative estimate of drug-likeness (QED) is 0.476. The fourth-order valence-corrected chi connectivity index (χ4v) is 1.59. The molecule has 0 aliphatic heterocycles. The van der Waals surface area contributed by atoms with Gasteiger partial charge in [0, 0.05) is 24.9 Å². The van der Waals surface area contributed by atoms with Crippen LogP contribution in [-0.4, -0.2) is 29.3 Å². The third kappa shape index (κ3) is 5.48. The number of nitrogens with zero attached hydrogens (tertiary/aromatic N) is 1. The molecular formula is C11H22ClNO. The lowest BCUT2D eigenvalue weighted by atomic mass is 10.2. The number of hydrogen-bond donors (Lipinski definition) is 0. The molecule has 0 saturated carbocycles. The van der Waals surface area contributed by atoms with Crippen molar-refractivity contribution in [1.29, 1.82) is 0 Å². The van der Waals surface area contributed by atoms with Gasteiger partial charge in [0.1, 0.15) is 0 Å². The van der Waals surface area contributed by atoms with Gasteiger partial charge in [0.05, 0.1) is 0 Å². The topological polar surface area (TPSA) is 20.3 Å². The van der Waals surface area contributed by atoms with Crippen molar-refractivity contribution in [2.24, 2.45) is 0 Å². The molecule has 0 aliphatic carbocycles. The fourth-order valence-electron chi connectivity index (χ4n) is 1.43. The minimum Gasteiger partial charge on any atom is -0.340 e. The predicted molar refractivity (Wildman–Crippen MR) is 61.7 cm³/mol. The van der Waals surface area contributed by atoms with Gasteiger partial charge in [-0.05, 0) is 20.3 Å². The number of amides is 1. The number of carbonyl (C=O) groups is 1. The molecule has 0 saturated heterocycles. The maximum Gasteiger partial charge on any atom is 0.223 e. The van der Waals surface area contributed by atoms with E-state index in [0.717, 1.165) is 13.0 Å². The highest BCUT2D eigenvalue weighted by Crippen LogP contribution is 2.06. The van der Waals surface area contributed by atoms with Gasteiger partial charge in [0.2, 0.25) is 5.91 Å². The zero-order valence-electron chi connectivity index (χ0n) is 9.55. The third-order valence-electron chi connectivity index (χ3n) is 2.25. The summed E-state index contributed by atoms with van der Waals surface area (Å²) in [5, 5.41) is 0. The molecule has 0 rings (SSSR count). The second-order valence-corrected chi connectivity index (χ2v) is 4.20. The van der Waals surface area contributed by atoms with Crippen molar-refractivity contribution in [3.8, 4) is 0 Å². The van der Waals surface area contributed by atoms with Gasteiger partial charge in [-0.25, -0.2) is 0 Å². The molecule has 0 aromatic rings. The van der Waals surface area contributed by atoms with Gasteiger partial charge in [-0.1, -0.05) is 19.8 Å². The fraction of sp³-hybridized carbons (Fsp3) is 0.909. The average Bonchev–Trinajstić information content (AvgIpc) is 2.12. The summed E-state index contributed by atoms with van der Waals surface area (Å²) in [5.74, 6) is 0.613. The van der Waals surface area contributed by atoms with E-state index in [4.69, 9.17) is 11.6 Å². The number of hydrogen-bond acceptors (Lipinski definition) is 1. The minimum atomic E-state index is 0.186. The second-order valence-electron chi connectivity index (χ2n) is 3.83. The van der Waals surface area contributed by atoms with E-state index in [1.54, 1.807) is 0 Å². The summed E-state index contributed by atoms with van der Waals surface area (Å²) < 4.78 is 0. The Balaban J connectivity index is 3.95. The van der Waals surface area contributed by atoms with Crippen LogP contribution in [0, 0.1) is 0 Å². The molecule has 0 bridgehead atoms. The highest BCUT2D eigenvalue weighted by atomic mass is 35.5. The molecular weight excluding hydrogens is 198 g/mol. The maximum atomic E-state index is 11.6. The minimum absolute atomic E-state index is 0.186. The smallest absolute Gasteiger partial charge is 0.223 e. The Labute approximate surface area is 92.6 Å². The van der Waals surface area contributed by atoms with Crippen molar-refractivity contribution in [1.82, 2.24) is 4.90 Å². The lowest BCUT2D eigenvalue weighted by molar-refractivity contribution is -0.132. The first-order chi connectivity index (χ1) is 6.63. The van der Waals surface area contributed by atoms with Crippen molar-refractivity contribution in [3.63, 3.8) is 0 Å². The molecule has 2 nitrogen and oxygen atoms in total. The summed E-state index contributed by atoms with van der Waals surface area (Å²) in [4.78, 5) is 13.5. The van der Waals surface area contributed by atoms with Crippen LogP contribution in [0.4, 0.5) is 0 Å². The van der Waals surface area contributed by atoms with Crippen LogP contribution in [-0.2, 0) is 4.79 Å². The van der Waals surface area contributed by atoms with Crippen molar-refractivity contribution < 1.29 is 4.79 Å². The van der Waals surface area contributed by atoms with Gasteiger partial charge in [0.15, 0.2) is 0 Å². The molecule has 0 fully saturated rings. The van der Waals surface area contributed by atoms with E-state index in [2.05, 4.69) is 20.8 Å². The van der Waals surface area contributed by atoms with Gasteiger partial charge in [-0.3, -0.25) is 4.79 Å². The monoisotopic (exact) mass is 219 g/mol. The summed E-state index contributed by atoms with van der Waals surface area (Å²) in [6, 6.07) is 0.294. The Morgan fingerprint density at radius 1 is 1.36 bits per heavy atom. The van der Waals surface area contributed by atoms with Crippen LogP contribution in [0.3, 0.4) is 0 Å². The van der Waals surface area contributed by atoms with Gasteiger partial charge in [0.25, 0.3) is 0 Å². The summed E-state index contributed by atoms with van der Waals surface area (Å²) >= 11 is 5.56. The number of unbranched alkanes of at least 4 members (excludes halogenated alkanes) is 2. The van der Waals surface area contributed by atoms with Crippen LogP contribution in [0.25, 0.3) is 0 Å². The van der Waals surface area contributed by atoms with Gasteiger partial charge < -0.3 is 4.90 Å². The predicted octanol–water partition coefficient (Wildman–Crippen LogP) is 3.04. The van der Waals surface area contributed by atoms with Crippen molar-refractivity contribution in [3.05, 3.63) is 0 Å². The first-order valence-corrected chi connectivity index (χ1v) is 6.02. The van der Waals surface area contributed by atoms with Gasteiger partial charge in [-0.15, -0.1) is 11.6 Å². The Morgan fingerprint density at radius 2 is 2.00 bits per heavy atom. The van der Waals surface area contributed by atoms with E-state index in [-0.39, 0.29) is 5.91 Å². The molecule has 14 heavy (non-hydrogen) atoms.